The zero-order valence-corrected chi connectivity index (χ0v) is 5.70. The lowest BCUT2D eigenvalue weighted by Gasteiger charge is -1.87. The molecule has 0 aliphatic rings. The van der Waals surface area contributed by atoms with Crippen molar-refractivity contribution >= 4 is 0 Å². The Balaban J connectivity index is 2.59. The normalized spacial score (nSPS) is 10.2. The van der Waals surface area contributed by atoms with Crippen molar-refractivity contribution in [2.24, 2.45) is 5.73 Å². The Kier molecular flexibility index (Phi) is 2.35. The number of hydrogen-bond donors (Lipinski definition) is 1. The summed E-state index contributed by atoms with van der Waals surface area (Å²) in [6, 6.07) is 0. The van der Waals surface area contributed by atoms with Crippen molar-refractivity contribution in [1.82, 2.24) is 10.2 Å². The topological polar surface area (TPSA) is 74.2 Å². The standard InChI is InChI=1S/C5H9N3O2/c1-9-3-5-8-7-4(2-6)10-5/h2-3,6H2,1H3. The number of ether oxygens (including phenoxy) is 1. The fourth-order valence-corrected chi connectivity index (χ4v) is 0.553. The van der Waals surface area contributed by atoms with Crippen LogP contribution in [0, 0.1) is 0 Å². The Labute approximate surface area is 58.2 Å². The Hall–Kier alpha value is -0.940. The van der Waals surface area contributed by atoms with Crippen LogP contribution in [-0.2, 0) is 17.9 Å². The maximum Gasteiger partial charge on any atom is 0.242 e. The molecular weight excluding hydrogens is 134 g/mol. The van der Waals surface area contributed by atoms with Crippen LogP contribution in [0.2, 0.25) is 0 Å². The van der Waals surface area contributed by atoms with Crippen molar-refractivity contribution in [3.63, 3.8) is 0 Å². The summed E-state index contributed by atoms with van der Waals surface area (Å²) in [4.78, 5) is 0. The summed E-state index contributed by atoms with van der Waals surface area (Å²) in [6.07, 6.45) is 0. The molecule has 1 rings (SSSR count). The Bertz CT molecular complexity index is 199. The molecule has 0 aliphatic heterocycles. The van der Waals surface area contributed by atoms with Crippen LogP contribution in [-0.4, -0.2) is 17.3 Å². The molecule has 1 aromatic rings. The van der Waals surface area contributed by atoms with Crippen molar-refractivity contribution < 1.29 is 9.15 Å². The predicted octanol–water partition coefficient (Wildman–Crippen LogP) is -0.325. The van der Waals surface area contributed by atoms with Gasteiger partial charge in [0.15, 0.2) is 0 Å². The maximum absolute atomic E-state index is 5.22. The van der Waals surface area contributed by atoms with E-state index in [1.54, 1.807) is 7.11 Å². The molecule has 0 aromatic carbocycles. The van der Waals surface area contributed by atoms with Crippen LogP contribution in [0.1, 0.15) is 11.8 Å². The Morgan fingerprint density at radius 3 is 2.70 bits per heavy atom. The van der Waals surface area contributed by atoms with Crippen molar-refractivity contribution in [3.8, 4) is 0 Å². The van der Waals surface area contributed by atoms with E-state index < -0.39 is 0 Å². The molecule has 0 amide bonds. The van der Waals surface area contributed by atoms with Gasteiger partial charge in [0.25, 0.3) is 0 Å². The van der Waals surface area contributed by atoms with Crippen LogP contribution in [0.25, 0.3) is 0 Å². The summed E-state index contributed by atoms with van der Waals surface area (Å²) in [5.41, 5.74) is 5.22. The molecule has 1 aromatic heterocycles. The minimum Gasteiger partial charge on any atom is -0.421 e. The first kappa shape index (κ1) is 7.17. The predicted molar refractivity (Wildman–Crippen MR) is 32.9 cm³/mol. The maximum atomic E-state index is 5.22. The second-order valence-electron chi connectivity index (χ2n) is 1.73. The van der Waals surface area contributed by atoms with Gasteiger partial charge in [-0.05, 0) is 0 Å². The monoisotopic (exact) mass is 143 g/mol. The van der Waals surface area contributed by atoms with Crippen molar-refractivity contribution in [2.45, 2.75) is 13.2 Å². The molecule has 0 saturated carbocycles. The molecular formula is C5H9N3O2. The molecule has 0 aliphatic carbocycles. The highest BCUT2D eigenvalue weighted by molar-refractivity contribution is 4.77. The van der Waals surface area contributed by atoms with E-state index in [4.69, 9.17) is 14.9 Å². The molecule has 2 N–H and O–H groups in total. The molecule has 0 unspecified atom stereocenters. The van der Waals surface area contributed by atoms with Crippen LogP contribution < -0.4 is 5.73 Å². The van der Waals surface area contributed by atoms with E-state index in [9.17, 15) is 0 Å². The van der Waals surface area contributed by atoms with E-state index >= 15 is 0 Å². The third kappa shape index (κ3) is 1.52. The van der Waals surface area contributed by atoms with Crippen molar-refractivity contribution in [3.05, 3.63) is 11.8 Å². The molecule has 56 valence electrons. The van der Waals surface area contributed by atoms with Gasteiger partial charge in [-0.25, -0.2) is 0 Å². The average molecular weight is 143 g/mol. The van der Waals surface area contributed by atoms with Crippen LogP contribution in [0.15, 0.2) is 4.42 Å². The van der Waals surface area contributed by atoms with Gasteiger partial charge in [-0.2, -0.15) is 0 Å². The summed E-state index contributed by atoms with van der Waals surface area (Å²) in [7, 11) is 1.56. The lowest BCUT2D eigenvalue weighted by Crippen LogP contribution is -1.95. The quantitative estimate of drug-likeness (QED) is 0.627. The van der Waals surface area contributed by atoms with Gasteiger partial charge in [-0.15, -0.1) is 10.2 Å². The smallest absolute Gasteiger partial charge is 0.242 e. The van der Waals surface area contributed by atoms with Gasteiger partial charge in [-0.3, -0.25) is 0 Å². The zero-order chi connectivity index (χ0) is 7.40. The summed E-state index contributed by atoms with van der Waals surface area (Å²) in [5.74, 6) is 0.898. The zero-order valence-electron chi connectivity index (χ0n) is 5.70. The number of nitrogens with two attached hydrogens (primary N) is 1. The largest absolute Gasteiger partial charge is 0.421 e. The van der Waals surface area contributed by atoms with Gasteiger partial charge in [-0.1, -0.05) is 0 Å². The van der Waals surface area contributed by atoms with E-state index in [0.29, 0.717) is 18.4 Å². The third-order valence-corrected chi connectivity index (χ3v) is 0.951. The van der Waals surface area contributed by atoms with Crippen molar-refractivity contribution in [2.75, 3.05) is 7.11 Å². The van der Waals surface area contributed by atoms with Gasteiger partial charge < -0.3 is 14.9 Å². The second kappa shape index (κ2) is 3.28. The number of methoxy groups -OCH3 is 1. The van der Waals surface area contributed by atoms with Gasteiger partial charge in [0.05, 0.1) is 6.54 Å². The van der Waals surface area contributed by atoms with Gasteiger partial charge in [0.2, 0.25) is 11.8 Å². The molecule has 5 nitrogen and oxygen atoms in total. The third-order valence-electron chi connectivity index (χ3n) is 0.951. The van der Waals surface area contributed by atoms with Gasteiger partial charge in [0, 0.05) is 7.11 Å². The number of nitrogens with zero attached hydrogens (tertiary/aromatic N) is 2. The summed E-state index contributed by atoms with van der Waals surface area (Å²) in [5, 5.41) is 7.29. The van der Waals surface area contributed by atoms with E-state index in [2.05, 4.69) is 10.2 Å². The first-order valence-corrected chi connectivity index (χ1v) is 2.87. The van der Waals surface area contributed by atoms with Gasteiger partial charge >= 0.3 is 0 Å². The first-order valence-electron chi connectivity index (χ1n) is 2.87. The number of rotatable bonds is 3. The molecule has 0 bridgehead atoms. The number of aromatic nitrogens is 2. The van der Waals surface area contributed by atoms with Crippen molar-refractivity contribution in [1.29, 1.82) is 0 Å². The minimum atomic E-state index is 0.275. The molecule has 0 spiro atoms. The SMILES string of the molecule is COCc1nnc(CN)o1. The molecule has 0 saturated heterocycles. The van der Waals surface area contributed by atoms with E-state index in [1.165, 1.54) is 0 Å². The molecule has 0 radical (unpaired) electrons. The molecule has 1 heterocycles. The Morgan fingerprint density at radius 1 is 1.50 bits per heavy atom. The van der Waals surface area contributed by atoms with Crippen LogP contribution in [0.5, 0.6) is 0 Å². The van der Waals surface area contributed by atoms with Crippen LogP contribution in [0.4, 0.5) is 0 Å². The van der Waals surface area contributed by atoms with Gasteiger partial charge in [0.1, 0.15) is 6.61 Å². The van der Waals surface area contributed by atoms with E-state index in [0.717, 1.165) is 0 Å². The minimum absolute atomic E-state index is 0.275. The molecule has 0 atom stereocenters. The highest BCUT2D eigenvalue weighted by Crippen LogP contribution is 1.98. The van der Waals surface area contributed by atoms with E-state index in [1.807, 2.05) is 0 Å². The molecule has 10 heavy (non-hydrogen) atoms. The highest BCUT2D eigenvalue weighted by Gasteiger charge is 2.01. The fourth-order valence-electron chi connectivity index (χ4n) is 0.553. The molecule has 0 fully saturated rings. The highest BCUT2D eigenvalue weighted by atomic mass is 16.5. The van der Waals surface area contributed by atoms with E-state index in [-0.39, 0.29) is 6.54 Å². The Morgan fingerprint density at radius 2 is 2.20 bits per heavy atom. The molecule has 5 heteroatoms. The number of hydrogen-bond acceptors (Lipinski definition) is 5. The summed E-state index contributed by atoms with van der Waals surface area (Å²) >= 11 is 0. The lowest BCUT2D eigenvalue weighted by molar-refractivity contribution is 0.158. The summed E-state index contributed by atoms with van der Waals surface area (Å²) in [6.45, 7) is 0.615. The second-order valence-corrected chi connectivity index (χ2v) is 1.73. The summed E-state index contributed by atoms with van der Waals surface area (Å²) < 4.78 is 9.75. The lowest BCUT2D eigenvalue weighted by atomic mass is 10.7. The average Bonchev–Trinajstić information content (AvgIpc) is 2.37. The van der Waals surface area contributed by atoms with Crippen LogP contribution >= 0.6 is 0 Å². The van der Waals surface area contributed by atoms with Crippen LogP contribution in [0.3, 0.4) is 0 Å². The first-order chi connectivity index (χ1) is 4.86. The fraction of sp³-hybridized carbons (Fsp3) is 0.600.